The Morgan fingerprint density at radius 2 is 2.00 bits per heavy atom. The van der Waals surface area contributed by atoms with Crippen molar-refractivity contribution in [2.75, 3.05) is 44.7 Å². The predicted molar refractivity (Wildman–Crippen MR) is 54.7 cm³/mol. The van der Waals surface area contributed by atoms with E-state index in [4.69, 9.17) is 0 Å². The van der Waals surface area contributed by atoms with Crippen LogP contribution in [0.1, 0.15) is 0 Å². The first-order chi connectivity index (χ1) is 5.90. The van der Waals surface area contributed by atoms with Crippen molar-refractivity contribution < 1.29 is 0 Å². The SMILES string of the molecule is CSCCN1CC2CNCC2C1. The molecule has 0 saturated carbocycles. The van der Waals surface area contributed by atoms with Gasteiger partial charge in [0.25, 0.3) is 0 Å². The van der Waals surface area contributed by atoms with Gasteiger partial charge < -0.3 is 10.2 Å². The van der Waals surface area contributed by atoms with Crippen LogP contribution < -0.4 is 5.32 Å². The molecule has 0 radical (unpaired) electrons. The van der Waals surface area contributed by atoms with E-state index >= 15 is 0 Å². The molecule has 2 aliphatic heterocycles. The van der Waals surface area contributed by atoms with Crippen LogP contribution in [0.4, 0.5) is 0 Å². The first-order valence-electron chi connectivity index (χ1n) is 4.82. The van der Waals surface area contributed by atoms with E-state index in [1.165, 1.54) is 38.5 Å². The molecule has 0 spiro atoms. The highest BCUT2D eigenvalue weighted by Gasteiger charge is 2.35. The second kappa shape index (κ2) is 3.99. The molecule has 0 bridgehead atoms. The second-order valence-electron chi connectivity index (χ2n) is 3.93. The molecule has 2 unspecified atom stereocenters. The zero-order valence-corrected chi connectivity index (χ0v) is 8.57. The molecule has 0 aromatic heterocycles. The van der Waals surface area contributed by atoms with Gasteiger partial charge in [-0.3, -0.25) is 0 Å². The van der Waals surface area contributed by atoms with Crippen LogP contribution in [-0.4, -0.2) is 49.6 Å². The van der Waals surface area contributed by atoms with E-state index in [0.29, 0.717) is 0 Å². The molecular weight excluding hydrogens is 168 g/mol. The fourth-order valence-electron chi connectivity index (χ4n) is 2.36. The van der Waals surface area contributed by atoms with Crippen LogP contribution >= 0.6 is 11.8 Å². The van der Waals surface area contributed by atoms with Crippen LogP contribution in [0.5, 0.6) is 0 Å². The molecule has 0 amide bonds. The van der Waals surface area contributed by atoms with Gasteiger partial charge in [-0.2, -0.15) is 11.8 Å². The van der Waals surface area contributed by atoms with Crippen LogP contribution in [-0.2, 0) is 0 Å². The third-order valence-corrected chi connectivity index (χ3v) is 3.67. The topological polar surface area (TPSA) is 15.3 Å². The van der Waals surface area contributed by atoms with Crippen LogP contribution in [0.15, 0.2) is 0 Å². The third-order valence-electron chi connectivity index (χ3n) is 3.08. The average molecular weight is 186 g/mol. The molecular formula is C9H18N2S. The fraction of sp³-hybridized carbons (Fsp3) is 1.00. The summed E-state index contributed by atoms with van der Waals surface area (Å²) in [5.74, 6) is 3.23. The summed E-state index contributed by atoms with van der Waals surface area (Å²) < 4.78 is 0. The molecule has 3 heteroatoms. The maximum Gasteiger partial charge on any atom is 0.00725 e. The minimum absolute atomic E-state index is 0.965. The Hall–Kier alpha value is 0.270. The zero-order chi connectivity index (χ0) is 8.39. The first kappa shape index (κ1) is 8.85. The Labute approximate surface area is 79.1 Å². The Morgan fingerprint density at radius 1 is 1.33 bits per heavy atom. The van der Waals surface area contributed by atoms with Crippen molar-refractivity contribution in [1.82, 2.24) is 10.2 Å². The van der Waals surface area contributed by atoms with Gasteiger partial charge in [-0.05, 0) is 31.2 Å². The lowest BCUT2D eigenvalue weighted by Crippen LogP contribution is -2.27. The highest BCUT2D eigenvalue weighted by atomic mass is 32.2. The summed E-state index contributed by atoms with van der Waals surface area (Å²) in [4.78, 5) is 2.63. The number of hydrogen-bond donors (Lipinski definition) is 1. The summed E-state index contributed by atoms with van der Waals surface area (Å²) in [6, 6.07) is 0. The molecule has 2 rings (SSSR count). The predicted octanol–water partition coefficient (Wildman–Crippen LogP) is 0.501. The maximum atomic E-state index is 3.47. The largest absolute Gasteiger partial charge is 0.316 e. The van der Waals surface area contributed by atoms with E-state index in [2.05, 4.69) is 16.5 Å². The van der Waals surface area contributed by atoms with Gasteiger partial charge in [0.05, 0.1) is 0 Å². The Bertz CT molecular complexity index is 139. The lowest BCUT2D eigenvalue weighted by Gasteiger charge is -2.15. The van der Waals surface area contributed by atoms with E-state index in [0.717, 1.165) is 11.8 Å². The normalized spacial score (nSPS) is 35.8. The number of nitrogens with zero attached hydrogens (tertiary/aromatic N) is 1. The lowest BCUT2D eigenvalue weighted by atomic mass is 10.0. The summed E-state index contributed by atoms with van der Waals surface area (Å²) in [6.45, 7) is 6.52. The number of hydrogen-bond acceptors (Lipinski definition) is 3. The van der Waals surface area contributed by atoms with Crippen LogP contribution in [0.25, 0.3) is 0 Å². The van der Waals surface area contributed by atoms with Crippen molar-refractivity contribution in [2.24, 2.45) is 11.8 Å². The van der Waals surface area contributed by atoms with Gasteiger partial charge in [-0.1, -0.05) is 0 Å². The van der Waals surface area contributed by atoms with Gasteiger partial charge in [0.15, 0.2) is 0 Å². The van der Waals surface area contributed by atoms with Crippen molar-refractivity contribution in [3.63, 3.8) is 0 Å². The standard InChI is InChI=1S/C9H18N2S/c1-12-3-2-11-6-8-4-10-5-9(8)7-11/h8-10H,2-7H2,1H3. The highest BCUT2D eigenvalue weighted by molar-refractivity contribution is 7.98. The smallest absolute Gasteiger partial charge is 0.00725 e. The number of nitrogens with one attached hydrogen (secondary N) is 1. The molecule has 70 valence electrons. The van der Waals surface area contributed by atoms with Crippen molar-refractivity contribution in [3.8, 4) is 0 Å². The van der Waals surface area contributed by atoms with Crippen LogP contribution in [0.3, 0.4) is 0 Å². The molecule has 2 nitrogen and oxygen atoms in total. The lowest BCUT2D eigenvalue weighted by molar-refractivity contribution is 0.333. The molecule has 2 aliphatic rings. The molecule has 2 fully saturated rings. The number of likely N-dealkylation sites (tertiary alicyclic amines) is 1. The minimum Gasteiger partial charge on any atom is -0.316 e. The molecule has 1 N–H and O–H groups in total. The molecule has 0 aromatic carbocycles. The monoisotopic (exact) mass is 186 g/mol. The molecule has 2 saturated heterocycles. The molecule has 2 heterocycles. The third kappa shape index (κ3) is 1.78. The van der Waals surface area contributed by atoms with E-state index in [9.17, 15) is 0 Å². The fourth-order valence-corrected chi connectivity index (χ4v) is 2.80. The van der Waals surface area contributed by atoms with E-state index < -0.39 is 0 Å². The molecule has 12 heavy (non-hydrogen) atoms. The number of thioether (sulfide) groups is 1. The van der Waals surface area contributed by atoms with Crippen molar-refractivity contribution >= 4 is 11.8 Å². The average Bonchev–Trinajstić information content (AvgIpc) is 2.58. The minimum atomic E-state index is 0.965. The van der Waals surface area contributed by atoms with Crippen molar-refractivity contribution in [2.45, 2.75) is 0 Å². The number of fused-ring (bicyclic) bond motifs is 1. The van der Waals surface area contributed by atoms with Crippen molar-refractivity contribution in [3.05, 3.63) is 0 Å². The Balaban J connectivity index is 1.75. The van der Waals surface area contributed by atoms with Gasteiger partial charge >= 0.3 is 0 Å². The number of rotatable bonds is 3. The molecule has 2 atom stereocenters. The van der Waals surface area contributed by atoms with E-state index in [1.54, 1.807) is 0 Å². The molecule has 0 aromatic rings. The molecule has 0 aliphatic carbocycles. The Kier molecular flexibility index (Phi) is 2.94. The first-order valence-corrected chi connectivity index (χ1v) is 6.21. The van der Waals surface area contributed by atoms with E-state index in [-0.39, 0.29) is 0 Å². The summed E-state index contributed by atoms with van der Waals surface area (Å²) in [6.07, 6.45) is 2.19. The van der Waals surface area contributed by atoms with Gasteiger partial charge in [0.2, 0.25) is 0 Å². The summed E-state index contributed by atoms with van der Waals surface area (Å²) in [5, 5.41) is 3.47. The van der Waals surface area contributed by atoms with Crippen LogP contribution in [0.2, 0.25) is 0 Å². The van der Waals surface area contributed by atoms with Gasteiger partial charge in [0.1, 0.15) is 0 Å². The van der Waals surface area contributed by atoms with Crippen molar-refractivity contribution in [1.29, 1.82) is 0 Å². The summed E-state index contributed by atoms with van der Waals surface area (Å²) in [7, 11) is 0. The summed E-state index contributed by atoms with van der Waals surface area (Å²) in [5.41, 5.74) is 0. The van der Waals surface area contributed by atoms with Gasteiger partial charge in [-0.25, -0.2) is 0 Å². The Morgan fingerprint density at radius 3 is 2.58 bits per heavy atom. The second-order valence-corrected chi connectivity index (χ2v) is 4.92. The maximum absolute atomic E-state index is 3.47. The highest BCUT2D eigenvalue weighted by Crippen LogP contribution is 2.25. The quantitative estimate of drug-likeness (QED) is 0.691. The van der Waals surface area contributed by atoms with Crippen LogP contribution in [0, 0.1) is 11.8 Å². The zero-order valence-electron chi connectivity index (χ0n) is 7.75. The summed E-state index contributed by atoms with van der Waals surface area (Å²) >= 11 is 1.96. The van der Waals surface area contributed by atoms with Gasteiger partial charge in [0, 0.05) is 25.4 Å². The van der Waals surface area contributed by atoms with E-state index in [1.807, 2.05) is 11.8 Å². The van der Waals surface area contributed by atoms with Gasteiger partial charge in [-0.15, -0.1) is 0 Å².